The van der Waals surface area contributed by atoms with Crippen molar-refractivity contribution in [3.63, 3.8) is 0 Å². The van der Waals surface area contributed by atoms with Gasteiger partial charge in [-0.25, -0.2) is 0 Å². The third kappa shape index (κ3) is 3.22. The van der Waals surface area contributed by atoms with Gasteiger partial charge in [-0.2, -0.15) is 13.2 Å². The minimum Gasteiger partial charge on any atom is -0.324 e. The Morgan fingerprint density at radius 1 is 1.12 bits per heavy atom. The summed E-state index contributed by atoms with van der Waals surface area (Å²) in [5.74, 6) is 0. The number of benzene rings is 1. The van der Waals surface area contributed by atoms with Crippen LogP contribution in [0.4, 0.5) is 13.2 Å². The van der Waals surface area contributed by atoms with Gasteiger partial charge in [-0.05, 0) is 29.5 Å². The number of nitrogens with two attached hydrogens (primary N) is 1. The van der Waals surface area contributed by atoms with Crippen LogP contribution in [0.15, 0.2) is 18.2 Å². The maximum atomic E-state index is 12.7. The van der Waals surface area contributed by atoms with Crippen molar-refractivity contribution in [3.8, 4) is 0 Å². The fourth-order valence-electron chi connectivity index (χ4n) is 1.64. The first kappa shape index (κ1) is 14.0. The van der Waals surface area contributed by atoms with Gasteiger partial charge in [0.05, 0.1) is 5.56 Å². The summed E-state index contributed by atoms with van der Waals surface area (Å²) in [7, 11) is 0. The molecule has 0 aromatic heterocycles. The van der Waals surface area contributed by atoms with Crippen molar-refractivity contribution in [3.05, 3.63) is 34.9 Å². The topological polar surface area (TPSA) is 26.0 Å². The second-order valence-electron chi connectivity index (χ2n) is 5.42. The van der Waals surface area contributed by atoms with Gasteiger partial charge in [-0.3, -0.25) is 0 Å². The highest BCUT2D eigenvalue weighted by Gasteiger charge is 2.33. The molecule has 0 unspecified atom stereocenters. The maximum Gasteiger partial charge on any atom is 0.416 e. The summed E-state index contributed by atoms with van der Waals surface area (Å²) in [6, 6.07) is 3.89. The summed E-state index contributed by atoms with van der Waals surface area (Å²) < 4.78 is 38.2. The molecular formula is C13H18F3N. The SMILES string of the molecule is Cc1ccc([C@@H](N)C(C)(C)C)cc1C(F)(F)F. The quantitative estimate of drug-likeness (QED) is 0.793. The summed E-state index contributed by atoms with van der Waals surface area (Å²) in [5.41, 5.74) is 5.85. The summed E-state index contributed by atoms with van der Waals surface area (Å²) in [6.45, 7) is 7.18. The minimum atomic E-state index is -4.32. The van der Waals surface area contributed by atoms with Gasteiger partial charge in [-0.15, -0.1) is 0 Å². The molecule has 0 radical (unpaired) electrons. The molecule has 0 bridgehead atoms. The Balaban J connectivity index is 3.23. The second kappa shape index (κ2) is 4.33. The molecular weight excluding hydrogens is 227 g/mol. The number of halogens is 3. The predicted molar refractivity (Wildman–Crippen MR) is 62.6 cm³/mol. The van der Waals surface area contributed by atoms with Crippen molar-refractivity contribution in [2.24, 2.45) is 11.1 Å². The molecule has 1 aromatic rings. The Morgan fingerprint density at radius 3 is 2.06 bits per heavy atom. The number of hydrogen-bond donors (Lipinski definition) is 1. The molecule has 1 rings (SSSR count). The Bertz CT molecular complexity index is 402. The first-order chi connectivity index (χ1) is 7.53. The van der Waals surface area contributed by atoms with Gasteiger partial charge < -0.3 is 5.73 Å². The molecule has 0 saturated carbocycles. The zero-order chi connectivity index (χ0) is 13.4. The molecule has 0 saturated heterocycles. The van der Waals surface area contributed by atoms with E-state index in [1.807, 2.05) is 20.8 Å². The van der Waals surface area contributed by atoms with Gasteiger partial charge >= 0.3 is 6.18 Å². The highest BCUT2D eigenvalue weighted by Crippen LogP contribution is 2.36. The van der Waals surface area contributed by atoms with Crippen molar-refractivity contribution in [2.75, 3.05) is 0 Å². The van der Waals surface area contributed by atoms with Crippen molar-refractivity contribution in [2.45, 2.75) is 39.9 Å². The van der Waals surface area contributed by atoms with Crippen LogP contribution in [0.5, 0.6) is 0 Å². The molecule has 1 aromatic carbocycles. The van der Waals surface area contributed by atoms with Crippen molar-refractivity contribution in [1.29, 1.82) is 0 Å². The number of hydrogen-bond acceptors (Lipinski definition) is 1. The van der Waals surface area contributed by atoms with Crippen molar-refractivity contribution in [1.82, 2.24) is 0 Å². The van der Waals surface area contributed by atoms with Crippen LogP contribution < -0.4 is 5.73 Å². The Hall–Kier alpha value is -1.03. The first-order valence-electron chi connectivity index (χ1n) is 5.47. The zero-order valence-corrected chi connectivity index (χ0v) is 10.5. The van der Waals surface area contributed by atoms with Crippen LogP contribution in [0.1, 0.15) is 43.5 Å². The largest absolute Gasteiger partial charge is 0.416 e. The molecule has 4 heteroatoms. The van der Waals surface area contributed by atoms with Gasteiger partial charge in [0.1, 0.15) is 0 Å². The summed E-state index contributed by atoms with van der Waals surface area (Å²) in [4.78, 5) is 0. The standard InChI is InChI=1S/C13H18F3N/c1-8-5-6-9(11(17)12(2,3)4)7-10(8)13(14,15)16/h5-7,11H,17H2,1-4H3/t11-/m1/s1. The predicted octanol–water partition coefficient (Wildman–Crippen LogP) is 4.06. The minimum absolute atomic E-state index is 0.224. The lowest BCUT2D eigenvalue weighted by atomic mass is 9.82. The Kier molecular flexibility index (Phi) is 3.58. The van der Waals surface area contributed by atoms with Crippen molar-refractivity contribution >= 4 is 0 Å². The molecule has 1 atom stereocenters. The fraction of sp³-hybridized carbons (Fsp3) is 0.538. The molecule has 0 fully saturated rings. The molecule has 17 heavy (non-hydrogen) atoms. The molecule has 2 N–H and O–H groups in total. The Labute approximate surface area is 99.8 Å². The maximum absolute atomic E-state index is 12.7. The van der Waals surface area contributed by atoms with Gasteiger partial charge in [-0.1, -0.05) is 32.9 Å². The van der Waals surface area contributed by atoms with E-state index in [2.05, 4.69) is 0 Å². The summed E-state index contributed by atoms with van der Waals surface area (Å²) in [5, 5.41) is 0. The van der Waals surface area contributed by atoms with E-state index in [-0.39, 0.29) is 11.0 Å². The van der Waals surface area contributed by atoms with Gasteiger partial charge in [0.15, 0.2) is 0 Å². The second-order valence-corrected chi connectivity index (χ2v) is 5.42. The van der Waals surface area contributed by atoms with Crippen LogP contribution in [-0.2, 0) is 6.18 Å². The third-order valence-corrected chi connectivity index (χ3v) is 2.86. The van der Waals surface area contributed by atoms with E-state index in [4.69, 9.17) is 5.73 Å². The van der Waals surface area contributed by atoms with E-state index in [0.717, 1.165) is 6.07 Å². The molecule has 0 aliphatic carbocycles. The number of rotatable bonds is 1. The van der Waals surface area contributed by atoms with E-state index in [0.29, 0.717) is 5.56 Å². The zero-order valence-electron chi connectivity index (χ0n) is 10.5. The monoisotopic (exact) mass is 245 g/mol. The van der Waals surface area contributed by atoms with Gasteiger partial charge in [0, 0.05) is 6.04 Å². The van der Waals surface area contributed by atoms with Crippen LogP contribution in [0.3, 0.4) is 0 Å². The molecule has 96 valence electrons. The van der Waals surface area contributed by atoms with Crippen LogP contribution in [-0.4, -0.2) is 0 Å². The molecule has 0 aliphatic rings. The molecule has 0 spiro atoms. The van der Waals surface area contributed by atoms with E-state index in [9.17, 15) is 13.2 Å². The average Bonchev–Trinajstić information content (AvgIpc) is 2.14. The van der Waals surface area contributed by atoms with Gasteiger partial charge in [0.2, 0.25) is 0 Å². The molecule has 1 nitrogen and oxygen atoms in total. The average molecular weight is 245 g/mol. The van der Waals surface area contributed by atoms with Crippen LogP contribution >= 0.6 is 0 Å². The first-order valence-corrected chi connectivity index (χ1v) is 5.47. The lowest BCUT2D eigenvalue weighted by molar-refractivity contribution is -0.138. The number of aryl methyl sites for hydroxylation is 1. The number of alkyl halides is 3. The highest BCUT2D eigenvalue weighted by atomic mass is 19.4. The van der Waals surface area contributed by atoms with Crippen LogP contribution in [0.25, 0.3) is 0 Å². The Morgan fingerprint density at radius 2 is 1.65 bits per heavy atom. The molecule has 0 aliphatic heterocycles. The van der Waals surface area contributed by atoms with E-state index in [1.54, 1.807) is 6.07 Å². The van der Waals surface area contributed by atoms with Crippen LogP contribution in [0.2, 0.25) is 0 Å². The molecule has 0 heterocycles. The highest BCUT2D eigenvalue weighted by molar-refractivity contribution is 5.35. The van der Waals surface area contributed by atoms with Crippen molar-refractivity contribution < 1.29 is 13.2 Å². The molecule has 0 amide bonds. The summed E-state index contributed by atoms with van der Waals surface area (Å²) >= 11 is 0. The van der Waals surface area contributed by atoms with E-state index < -0.39 is 17.8 Å². The fourth-order valence-corrected chi connectivity index (χ4v) is 1.64. The van der Waals surface area contributed by atoms with Gasteiger partial charge in [0.25, 0.3) is 0 Å². The third-order valence-electron chi connectivity index (χ3n) is 2.86. The lowest BCUT2D eigenvalue weighted by Crippen LogP contribution is -2.26. The summed E-state index contributed by atoms with van der Waals surface area (Å²) in [6.07, 6.45) is -4.32. The smallest absolute Gasteiger partial charge is 0.324 e. The lowest BCUT2D eigenvalue weighted by Gasteiger charge is -2.28. The normalized spacial score (nSPS) is 14.8. The van der Waals surface area contributed by atoms with E-state index in [1.165, 1.54) is 13.0 Å². The van der Waals surface area contributed by atoms with Crippen LogP contribution in [0, 0.1) is 12.3 Å². The van der Waals surface area contributed by atoms with E-state index >= 15 is 0 Å².